The van der Waals surface area contributed by atoms with Crippen molar-refractivity contribution >= 4 is 17.7 Å². The second kappa shape index (κ2) is 8.67. The molecule has 0 bridgehead atoms. The summed E-state index contributed by atoms with van der Waals surface area (Å²) in [6, 6.07) is 6.44. The van der Waals surface area contributed by atoms with Gasteiger partial charge in [0.15, 0.2) is 0 Å². The third-order valence-corrected chi connectivity index (χ3v) is 4.35. The van der Waals surface area contributed by atoms with Crippen LogP contribution in [0, 0.1) is 5.82 Å². The highest BCUT2D eigenvalue weighted by Crippen LogP contribution is 2.27. The van der Waals surface area contributed by atoms with Gasteiger partial charge in [0, 0.05) is 0 Å². The molecule has 0 N–H and O–H groups in total. The standard InChI is InChI=1S/C16H19FN2O3S/c1-3-4-9-13(15(20)21-2)23-16-19-18-14(22-16)10-11-7-5-6-8-12(11)17/h5-8,13H,3-4,9-10H2,1-2H3. The first kappa shape index (κ1) is 17.5. The van der Waals surface area contributed by atoms with Crippen molar-refractivity contribution in [3.8, 4) is 0 Å². The number of hydrogen-bond donors (Lipinski definition) is 0. The van der Waals surface area contributed by atoms with Crippen LogP contribution in [0.2, 0.25) is 0 Å². The van der Waals surface area contributed by atoms with E-state index in [0.29, 0.717) is 23.1 Å². The fourth-order valence-electron chi connectivity index (χ4n) is 2.03. The minimum absolute atomic E-state index is 0.220. The van der Waals surface area contributed by atoms with Crippen molar-refractivity contribution in [2.24, 2.45) is 0 Å². The first-order chi connectivity index (χ1) is 11.1. The first-order valence-electron chi connectivity index (χ1n) is 7.44. The van der Waals surface area contributed by atoms with Crippen molar-refractivity contribution in [3.05, 3.63) is 41.5 Å². The van der Waals surface area contributed by atoms with Crippen molar-refractivity contribution in [3.63, 3.8) is 0 Å². The van der Waals surface area contributed by atoms with Gasteiger partial charge in [-0.25, -0.2) is 4.39 Å². The number of carbonyl (C=O) groups is 1. The lowest BCUT2D eigenvalue weighted by Gasteiger charge is -2.10. The van der Waals surface area contributed by atoms with Gasteiger partial charge in [0.05, 0.1) is 13.5 Å². The fourth-order valence-corrected chi connectivity index (χ4v) is 2.98. The van der Waals surface area contributed by atoms with E-state index in [2.05, 4.69) is 17.1 Å². The summed E-state index contributed by atoms with van der Waals surface area (Å²) in [4.78, 5) is 11.8. The molecule has 0 saturated carbocycles. The molecule has 5 nitrogen and oxygen atoms in total. The van der Waals surface area contributed by atoms with Gasteiger partial charge < -0.3 is 9.15 Å². The molecule has 0 aliphatic heterocycles. The van der Waals surface area contributed by atoms with Crippen molar-refractivity contribution in [2.75, 3.05) is 7.11 Å². The van der Waals surface area contributed by atoms with Crippen LogP contribution in [-0.2, 0) is 16.0 Å². The van der Waals surface area contributed by atoms with Gasteiger partial charge in [0.1, 0.15) is 11.1 Å². The summed E-state index contributed by atoms with van der Waals surface area (Å²) in [5.74, 6) is -0.302. The van der Waals surface area contributed by atoms with Crippen LogP contribution in [0.4, 0.5) is 4.39 Å². The lowest BCUT2D eigenvalue weighted by atomic mass is 10.1. The molecule has 0 saturated heterocycles. The Morgan fingerprint density at radius 3 is 2.87 bits per heavy atom. The van der Waals surface area contributed by atoms with Crippen LogP contribution in [0.15, 0.2) is 33.9 Å². The molecule has 0 spiro atoms. The first-order valence-corrected chi connectivity index (χ1v) is 8.32. The molecular formula is C16H19FN2O3S. The fraction of sp³-hybridized carbons (Fsp3) is 0.438. The molecule has 0 radical (unpaired) electrons. The number of halogens is 1. The average molecular weight is 338 g/mol. The normalized spacial score (nSPS) is 12.1. The van der Waals surface area contributed by atoms with Gasteiger partial charge in [0.25, 0.3) is 5.22 Å². The van der Waals surface area contributed by atoms with Gasteiger partial charge in [-0.3, -0.25) is 4.79 Å². The number of esters is 1. The number of ether oxygens (including phenoxy) is 1. The Kier molecular flexibility index (Phi) is 6.58. The highest BCUT2D eigenvalue weighted by Gasteiger charge is 2.23. The monoisotopic (exact) mass is 338 g/mol. The molecule has 0 fully saturated rings. The number of benzene rings is 1. The summed E-state index contributed by atoms with van der Waals surface area (Å²) in [5.41, 5.74) is 0.489. The number of carbonyl (C=O) groups excluding carboxylic acids is 1. The molecule has 1 heterocycles. The molecular weight excluding hydrogens is 319 g/mol. The van der Waals surface area contributed by atoms with E-state index in [1.807, 2.05) is 0 Å². The minimum atomic E-state index is -0.373. The zero-order chi connectivity index (χ0) is 16.7. The van der Waals surface area contributed by atoms with Gasteiger partial charge >= 0.3 is 5.97 Å². The summed E-state index contributed by atoms with van der Waals surface area (Å²) in [7, 11) is 1.36. The van der Waals surface area contributed by atoms with Gasteiger partial charge in [-0.1, -0.05) is 49.7 Å². The average Bonchev–Trinajstić information content (AvgIpc) is 3.00. The van der Waals surface area contributed by atoms with E-state index in [9.17, 15) is 9.18 Å². The minimum Gasteiger partial charge on any atom is -0.468 e. The van der Waals surface area contributed by atoms with Gasteiger partial charge in [-0.2, -0.15) is 0 Å². The largest absolute Gasteiger partial charge is 0.468 e. The molecule has 124 valence electrons. The Balaban J connectivity index is 2.02. The molecule has 1 unspecified atom stereocenters. The van der Waals surface area contributed by atoms with Crippen LogP contribution in [-0.4, -0.2) is 28.5 Å². The molecule has 0 amide bonds. The Hall–Kier alpha value is -1.89. The highest BCUT2D eigenvalue weighted by molar-refractivity contribution is 8.00. The summed E-state index contributed by atoms with van der Waals surface area (Å²) in [5, 5.41) is 7.76. The number of unbranched alkanes of at least 4 members (excludes halogenated alkanes) is 1. The topological polar surface area (TPSA) is 65.2 Å². The zero-order valence-electron chi connectivity index (χ0n) is 13.1. The summed E-state index contributed by atoms with van der Waals surface area (Å²) < 4.78 is 23.9. The van der Waals surface area contributed by atoms with Gasteiger partial charge in [0.2, 0.25) is 5.89 Å². The third kappa shape index (κ3) is 5.06. The van der Waals surface area contributed by atoms with Crippen LogP contribution in [0.25, 0.3) is 0 Å². The van der Waals surface area contributed by atoms with Crippen molar-refractivity contribution in [1.82, 2.24) is 10.2 Å². The van der Waals surface area contributed by atoms with E-state index in [0.717, 1.165) is 12.8 Å². The van der Waals surface area contributed by atoms with E-state index in [1.54, 1.807) is 18.2 Å². The molecule has 2 aromatic rings. The Morgan fingerprint density at radius 1 is 1.39 bits per heavy atom. The maximum absolute atomic E-state index is 13.6. The molecule has 1 atom stereocenters. The maximum atomic E-state index is 13.6. The highest BCUT2D eigenvalue weighted by atomic mass is 32.2. The maximum Gasteiger partial charge on any atom is 0.319 e. The lowest BCUT2D eigenvalue weighted by Crippen LogP contribution is -2.18. The zero-order valence-corrected chi connectivity index (χ0v) is 13.9. The molecule has 0 aliphatic rings. The van der Waals surface area contributed by atoms with Crippen molar-refractivity contribution < 1.29 is 18.3 Å². The number of nitrogens with zero attached hydrogens (tertiary/aromatic N) is 2. The van der Waals surface area contributed by atoms with Crippen molar-refractivity contribution in [1.29, 1.82) is 0 Å². The number of rotatable bonds is 8. The smallest absolute Gasteiger partial charge is 0.319 e. The number of thioether (sulfide) groups is 1. The SMILES string of the molecule is CCCCC(Sc1nnc(Cc2ccccc2F)o1)C(=O)OC. The van der Waals surface area contributed by atoms with E-state index in [-0.39, 0.29) is 23.5 Å². The van der Waals surface area contributed by atoms with E-state index in [1.165, 1.54) is 24.9 Å². The summed E-state index contributed by atoms with van der Waals surface area (Å²) in [6.45, 7) is 2.05. The van der Waals surface area contributed by atoms with Crippen LogP contribution >= 0.6 is 11.8 Å². The molecule has 7 heteroatoms. The van der Waals surface area contributed by atoms with Crippen molar-refractivity contribution in [2.45, 2.75) is 43.1 Å². The van der Waals surface area contributed by atoms with Crippen LogP contribution in [0.3, 0.4) is 0 Å². The van der Waals surface area contributed by atoms with E-state index in [4.69, 9.17) is 9.15 Å². The summed E-state index contributed by atoms with van der Waals surface area (Å²) >= 11 is 1.19. The van der Waals surface area contributed by atoms with Crippen LogP contribution in [0.1, 0.15) is 37.6 Å². The quantitative estimate of drug-likeness (QED) is 0.541. The second-order valence-electron chi connectivity index (χ2n) is 5.00. The van der Waals surface area contributed by atoms with Crippen LogP contribution < -0.4 is 0 Å². The Morgan fingerprint density at radius 2 is 2.17 bits per heavy atom. The third-order valence-electron chi connectivity index (χ3n) is 3.27. The lowest BCUT2D eigenvalue weighted by molar-refractivity contribution is -0.140. The number of hydrogen-bond acceptors (Lipinski definition) is 6. The van der Waals surface area contributed by atoms with Gasteiger partial charge in [-0.15, -0.1) is 10.2 Å². The van der Waals surface area contributed by atoms with E-state index >= 15 is 0 Å². The molecule has 0 aliphatic carbocycles. The van der Waals surface area contributed by atoms with Gasteiger partial charge in [-0.05, 0) is 18.1 Å². The molecule has 1 aromatic heterocycles. The Bertz CT molecular complexity index is 648. The van der Waals surface area contributed by atoms with E-state index < -0.39 is 0 Å². The van der Waals surface area contributed by atoms with Crippen LogP contribution in [0.5, 0.6) is 0 Å². The Labute approximate surface area is 138 Å². The summed E-state index contributed by atoms with van der Waals surface area (Å²) in [6.07, 6.45) is 2.79. The second-order valence-corrected chi connectivity index (χ2v) is 6.16. The number of methoxy groups -OCH3 is 1. The molecule has 2 rings (SSSR count). The molecule has 1 aromatic carbocycles. The predicted molar refractivity (Wildman–Crippen MR) is 84.7 cm³/mol. The predicted octanol–water partition coefficient (Wildman–Crippen LogP) is 3.62. The number of aromatic nitrogens is 2. The molecule has 23 heavy (non-hydrogen) atoms.